The van der Waals surface area contributed by atoms with E-state index in [9.17, 15) is 4.79 Å². The van der Waals surface area contributed by atoms with Crippen LogP contribution in [0.15, 0.2) is 21.8 Å². The van der Waals surface area contributed by atoms with Gasteiger partial charge in [-0.3, -0.25) is 4.79 Å². The Morgan fingerprint density at radius 3 is 2.78 bits per heavy atom. The summed E-state index contributed by atoms with van der Waals surface area (Å²) in [5.74, 6) is 1.06. The maximum atomic E-state index is 12.4. The molecular formula is C15H18ClN3O2S2. The molecule has 0 bridgehead atoms. The van der Waals surface area contributed by atoms with Gasteiger partial charge in [-0.15, -0.1) is 10.2 Å². The highest BCUT2D eigenvalue weighted by Gasteiger charge is 2.20. The second-order valence-electron chi connectivity index (χ2n) is 5.08. The molecule has 0 spiro atoms. The van der Waals surface area contributed by atoms with E-state index in [1.807, 2.05) is 32.2 Å². The van der Waals surface area contributed by atoms with E-state index in [0.29, 0.717) is 27.6 Å². The second kappa shape index (κ2) is 8.08. The summed E-state index contributed by atoms with van der Waals surface area (Å²) in [6, 6.07) is 3.81. The maximum Gasteiger partial charge on any atom is 0.277 e. The van der Waals surface area contributed by atoms with Crippen LogP contribution in [-0.2, 0) is 10.5 Å². The van der Waals surface area contributed by atoms with E-state index in [4.69, 9.17) is 16.0 Å². The average molecular weight is 372 g/mol. The molecule has 1 aromatic heterocycles. The zero-order valence-corrected chi connectivity index (χ0v) is 15.7. The molecule has 1 atom stereocenters. The van der Waals surface area contributed by atoms with E-state index in [1.54, 1.807) is 18.7 Å². The molecule has 0 aliphatic heterocycles. The smallest absolute Gasteiger partial charge is 0.277 e. The highest BCUT2D eigenvalue weighted by Crippen LogP contribution is 2.29. The summed E-state index contributed by atoms with van der Waals surface area (Å²) in [6.45, 7) is 5.67. The number of aromatic nitrogens is 2. The lowest BCUT2D eigenvalue weighted by Gasteiger charge is -2.14. The first-order valence-corrected chi connectivity index (χ1v) is 9.61. The lowest BCUT2D eigenvalue weighted by atomic mass is 10.1. The van der Waals surface area contributed by atoms with Gasteiger partial charge < -0.3 is 9.73 Å². The molecule has 0 radical (unpaired) electrons. The van der Waals surface area contributed by atoms with E-state index in [0.717, 1.165) is 11.1 Å². The Morgan fingerprint density at radius 1 is 1.39 bits per heavy atom. The molecule has 0 fully saturated rings. The van der Waals surface area contributed by atoms with Crippen molar-refractivity contribution in [3.8, 4) is 0 Å². The number of amides is 1. The van der Waals surface area contributed by atoms with Crippen LogP contribution in [0.3, 0.4) is 0 Å². The first-order valence-electron chi connectivity index (χ1n) is 6.96. The summed E-state index contributed by atoms with van der Waals surface area (Å²) in [4.78, 5) is 12.4. The molecular weight excluding hydrogens is 354 g/mol. The van der Waals surface area contributed by atoms with Gasteiger partial charge in [-0.05, 0) is 44.2 Å². The molecule has 1 heterocycles. The molecule has 0 aliphatic carbocycles. The fourth-order valence-electron chi connectivity index (χ4n) is 1.97. The number of aryl methyl sites for hydroxylation is 2. The second-order valence-corrected chi connectivity index (χ2v) is 7.65. The highest BCUT2D eigenvalue weighted by molar-refractivity contribution is 8.00. The Kier molecular flexibility index (Phi) is 6.38. The van der Waals surface area contributed by atoms with Gasteiger partial charge in [0.15, 0.2) is 0 Å². The normalized spacial score (nSPS) is 12.2. The minimum Gasteiger partial charge on any atom is -0.415 e. The van der Waals surface area contributed by atoms with Crippen molar-refractivity contribution in [3.63, 3.8) is 0 Å². The third-order valence-corrected chi connectivity index (χ3v) is 4.81. The quantitative estimate of drug-likeness (QED) is 0.762. The number of rotatable bonds is 6. The predicted octanol–water partition coefficient (Wildman–Crippen LogP) is 4.32. The highest BCUT2D eigenvalue weighted by atomic mass is 35.5. The van der Waals surface area contributed by atoms with Crippen LogP contribution in [0, 0.1) is 13.8 Å². The van der Waals surface area contributed by atoms with Crippen LogP contribution in [0.2, 0.25) is 5.02 Å². The zero-order chi connectivity index (χ0) is 17.0. The number of hydrogen-bond acceptors (Lipinski definition) is 6. The molecule has 23 heavy (non-hydrogen) atoms. The van der Waals surface area contributed by atoms with E-state index in [1.165, 1.54) is 11.8 Å². The van der Waals surface area contributed by atoms with Crippen molar-refractivity contribution in [2.24, 2.45) is 0 Å². The monoisotopic (exact) mass is 371 g/mol. The number of nitrogens with zero attached hydrogens (tertiary/aromatic N) is 2. The Balaban J connectivity index is 2.02. The van der Waals surface area contributed by atoms with Crippen LogP contribution in [0.5, 0.6) is 0 Å². The van der Waals surface area contributed by atoms with E-state index < -0.39 is 0 Å². The van der Waals surface area contributed by atoms with Gasteiger partial charge >= 0.3 is 0 Å². The fourth-order valence-corrected chi connectivity index (χ4v) is 3.40. The molecule has 8 heteroatoms. The van der Waals surface area contributed by atoms with Gasteiger partial charge in [-0.2, -0.15) is 11.8 Å². The van der Waals surface area contributed by atoms with Crippen molar-refractivity contribution in [2.45, 2.75) is 37.0 Å². The maximum absolute atomic E-state index is 12.4. The molecule has 0 aliphatic rings. The molecule has 124 valence electrons. The van der Waals surface area contributed by atoms with Crippen LogP contribution in [0.4, 0.5) is 5.69 Å². The van der Waals surface area contributed by atoms with Gasteiger partial charge in [0.1, 0.15) is 0 Å². The summed E-state index contributed by atoms with van der Waals surface area (Å²) in [5, 5.41) is 11.3. The van der Waals surface area contributed by atoms with Crippen LogP contribution in [-0.4, -0.2) is 27.6 Å². The Hall–Kier alpha value is -1.18. The molecule has 1 amide bonds. The van der Waals surface area contributed by atoms with Crippen molar-refractivity contribution in [1.29, 1.82) is 0 Å². The van der Waals surface area contributed by atoms with E-state index >= 15 is 0 Å². The van der Waals surface area contributed by atoms with Crippen molar-refractivity contribution < 1.29 is 9.21 Å². The van der Waals surface area contributed by atoms with Crippen molar-refractivity contribution in [2.75, 3.05) is 11.6 Å². The fraction of sp³-hybridized carbons (Fsp3) is 0.400. The lowest BCUT2D eigenvalue weighted by Crippen LogP contribution is -2.23. The predicted molar refractivity (Wildman–Crippen MR) is 96.4 cm³/mol. The van der Waals surface area contributed by atoms with Gasteiger partial charge in [-0.1, -0.05) is 29.4 Å². The summed E-state index contributed by atoms with van der Waals surface area (Å²) in [5.41, 5.74) is 2.63. The van der Waals surface area contributed by atoms with E-state index in [-0.39, 0.29) is 11.2 Å². The molecule has 0 saturated heterocycles. The van der Waals surface area contributed by atoms with Crippen LogP contribution in [0.25, 0.3) is 0 Å². The zero-order valence-electron chi connectivity index (χ0n) is 13.3. The van der Waals surface area contributed by atoms with Crippen molar-refractivity contribution in [3.05, 3.63) is 34.2 Å². The SMILES string of the molecule is CSCc1nnc(SC(C)C(=O)Nc2c(C)cc(C)cc2Cl)o1. The summed E-state index contributed by atoms with van der Waals surface area (Å²) >= 11 is 9.04. The Bertz CT molecular complexity index is 683. The molecule has 1 N–H and O–H groups in total. The third-order valence-electron chi connectivity index (χ3n) is 3.04. The Labute approximate surface area is 149 Å². The molecule has 2 aromatic rings. The topological polar surface area (TPSA) is 68.0 Å². The average Bonchev–Trinajstić information content (AvgIpc) is 2.90. The number of halogens is 1. The first-order chi connectivity index (χ1) is 10.9. The van der Waals surface area contributed by atoms with Gasteiger partial charge in [0.2, 0.25) is 11.8 Å². The first kappa shape index (κ1) is 18.2. The summed E-state index contributed by atoms with van der Waals surface area (Å²) < 4.78 is 5.47. The van der Waals surface area contributed by atoms with Crippen LogP contribution < -0.4 is 5.32 Å². The van der Waals surface area contributed by atoms with Gasteiger partial charge in [0.25, 0.3) is 5.22 Å². The largest absolute Gasteiger partial charge is 0.415 e. The van der Waals surface area contributed by atoms with Crippen molar-refractivity contribution in [1.82, 2.24) is 10.2 Å². The molecule has 0 saturated carbocycles. The number of carbonyl (C=O) groups is 1. The summed E-state index contributed by atoms with van der Waals surface area (Å²) in [7, 11) is 0. The minimum absolute atomic E-state index is 0.159. The van der Waals surface area contributed by atoms with E-state index in [2.05, 4.69) is 15.5 Å². The molecule has 1 unspecified atom stereocenters. The molecule has 2 rings (SSSR count). The number of anilines is 1. The number of benzene rings is 1. The van der Waals surface area contributed by atoms with Crippen LogP contribution in [0.1, 0.15) is 23.9 Å². The van der Waals surface area contributed by atoms with Gasteiger partial charge in [-0.25, -0.2) is 0 Å². The van der Waals surface area contributed by atoms with Crippen molar-refractivity contribution >= 4 is 46.7 Å². The van der Waals surface area contributed by atoms with Crippen LogP contribution >= 0.6 is 35.1 Å². The number of nitrogens with one attached hydrogen (secondary N) is 1. The minimum atomic E-state index is -0.380. The lowest BCUT2D eigenvalue weighted by molar-refractivity contribution is -0.115. The number of carbonyl (C=O) groups excluding carboxylic acids is 1. The third kappa shape index (κ3) is 4.89. The number of hydrogen-bond donors (Lipinski definition) is 1. The molecule has 5 nitrogen and oxygen atoms in total. The Morgan fingerprint density at radius 2 is 2.13 bits per heavy atom. The van der Waals surface area contributed by atoms with Gasteiger partial charge in [0, 0.05) is 0 Å². The van der Waals surface area contributed by atoms with Gasteiger partial charge in [0.05, 0.1) is 21.7 Å². The number of thioether (sulfide) groups is 2. The standard InChI is InChI=1S/C15H18ClN3O2S2/c1-8-5-9(2)13(11(16)6-8)17-14(20)10(3)23-15-19-18-12(21-15)7-22-4/h5-6,10H,7H2,1-4H3,(H,17,20). The summed E-state index contributed by atoms with van der Waals surface area (Å²) in [6.07, 6.45) is 1.96. The molecule has 1 aromatic carbocycles.